The maximum Gasteiger partial charge on any atom is 0.303 e. The van der Waals surface area contributed by atoms with Crippen molar-refractivity contribution < 1.29 is 104 Å². The van der Waals surface area contributed by atoms with E-state index in [1.165, 1.54) is 0 Å². The van der Waals surface area contributed by atoms with E-state index in [1.807, 2.05) is 0 Å². The van der Waals surface area contributed by atoms with Gasteiger partial charge in [-0.05, 0) is 0 Å². The molecule has 0 saturated heterocycles. The van der Waals surface area contributed by atoms with Gasteiger partial charge in [0.1, 0.15) is 0 Å². The molecule has 26 heavy (non-hydrogen) atoms. The molecule has 2 radical (unpaired) electrons. The summed E-state index contributed by atoms with van der Waals surface area (Å²) in [7, 11) is 0. The molecule has 0 atom stereocenters. The number of carboxylic acids is 6. The summed E-state index contributed by atoms with van der Waals surface area (Å²) in [6.07, 6.45) is -1.78. The number of carboxylic acid groups (broad SMARTS) is 6. The largest absolute Gasteiger partial charge is 0.481 e. The zero-order valence-corrected chi connectivity index (χ0v) is 17.3. The van der Waals surface area contributed by atoms with E-state index in [0.29, 0.717) is 0 Å². The van der Waals surface area contributed by atoms with Gasteiger partial charge in [-0.3, -0.25) is 28.8 Å². The van der Waals surface area contributed by atoms with Crippen LogP contribution < -0.4 is 0 Å². The monoisotopic (exact) mass is 748 g/mol. The Morgan fingerprint density at radius 2 is 0.423 bits per heavy atom. The number of carbonyl (C=O) groups is 6. The summed E-state index contributed by atoms with van der Waals surface area (Å²) in [6, 6.07) is 0. The first-order valence-electron chi connectivity index (χ1n) is 6.19. The van der Waals surface area contributed by atoms with E-state index >= 15 is 0 Å². The van der Waals surface area contributed by atoms with E-state index in [4.69, 9.17) is 30.6 Å². The Kier molecular flexibility index (Phi) is 31.7. The van der Waals surface area contributed by atoms with E-state index in [1.54, 1.807) is 0 Å². The zero-order chi connectivity index (χ0) is 19.7. The van der Waals surface area contributed by atoms with Gasteiger partial charge in [0.2, 0.25) is 0 Å². The SMILES string of the molecule is O=C(O)CCC(=O)O.O=C(O)CCC(=O)O.O=C(O)CCC(=O)O.[Au].[Au]. The molecule has 0 aromatic heterocycles. The number of aliphatic carboxylic acids is 6. The first-order valence-corrected chi connectivity index (χ1v) is 6.19. The molecule has 160 valence electrons. The summed E-state index contributed by atoms with van der Waals surface area (Å²) in [5.74, 6) is -6.46. The van der Waals surface area contributed by atoms with Gasteiger partial charge in [-0.1, -0.05) is 0 Å². The van der Waals surface area contributed by atoms with Crippen molar-refractivity contribution in [3.8, 4) is 0 Å². The van der Waals surface area contributed by atoms with Crippen LogP contribution >= 0.6 is 0 Å². The second-order valence-electron chi connectivity index (χ2n) is 3.86. The molecule has 0 heterocycles. The second-order valence-corrected chi connectivity index (χ2v) is 3.86. The Morgan fingerprint density at radius 3 is 0.462 bits per heavy atom. The van der Waals surface area contributed by atoms with Gasteiger partial charge < -0.3 is 30.6 Å². The maximum absolute atomic E-state index is 9.64. The molecule has 0 aliphatic heterocycles. The van der Waals surface area contributed by atoms with Crippen LogP contribution in [-0.2, 0) is 73.5 Å². The van der Waals surface area contributed by atoms with Crippen LogP contribution in [0.25, 0.3) is 0 Å². The van der Waals surface area contributed by atoms with Gasteiger partial charge >= 0.3 is 35.8 Å². The summed E-state index contributed by atoms with van der Waals surface area (Å²) >= 11 is 0. The van der Waals surface area contributed by atoms with Crippen molar-refractivity contribution in [1.29, 1.82) is 0 Å². The van der Waals surface area contributed by atoms with E-state index in [-0.39, 0.29) is 83.3 Å². The van der Waals surface area contributed by atoms with Gasteiger partial charge in [0.15, 0.2) is 0 Å². The summed E-state index contributed by atoms with van der Waals surface area (Å²) < 4.78 is 0. The van der Waals surface area contributed by atoms with Gasteiger partial charge in [0.25, 0.3) is 0 Å². The summed E-state index contributed by atoms with van der Waals surface area (Å²) in [5.41, 5.74) is 0. The molecule has 0 aliphatic rings. The summed E-state index contributed by atoms with van der Waals surface area (Å²) in [4.78, 5) is 57.8. The Morgan fingerprint density at radius 1 is 0.346 bits per heavy atom. The van der Waals surface area contributed by atoms with Gasteiger partial charge in [-0.2, -0.15) is 0 Å². The molecular formula is C12H18Au2O12. The van der Waals surface area contributed by atoms with E-state index in [9.17, 15) is 28.8 Å². The van der Waals surface area contributed by atoms with Gasteiger partial charge in [-0.25, -0.2) is 0 Å². The Balaban J connectivity index is -0.0000000817. The smallest absolute Gasteiger partial charge is 0.303 e. The molecule has 0 aromatic carbocycles. The fourth-order valence-corrected chi connectivity index (χ4v) is 0.642. The van der Waals surface area contributed by atoms with Crippen LogP contribution in [0.15, 0.2) is 0 Å². The minimum atomic E-state index is -1.08. The van der Waals surface area contributed by atoms with Gasteiger partial charge in [-0.15, -0.1) is 0 Å². The topological polar surface area (TPSA) is 224 Å². The molecule has 0 unspecified atom stereocenters. The minimum Gasteiger partial charge on any atom is -0.481 e. The van der Waals surface area contributed by atoms with Crippen LogP contribution in [0, 0.1) is 0 Å². The summed E-state index contributed by atoms with van der Waals surface area (Å²) in [5, 5.41) is 47.4. The third-order valence-electron chi connectivity index (χ3n) is 1.66. The Hall–Kier alpha value is -1.70. The molecule has 0 spiro atoms. The van der Waals surface area contributed by atoms with Crippen LogP contribution in [-0.4, -0.2) is 66.5 Å². The van der Waals surface area contributed by atoms with Crippen molar-refractivity contribution in [2.45, 2.75) is 38.5 Å². The molecule has 0 aliphatic carbocycles. The molecule has 0 fully saturated rings. The molecular weight excluding hydrogens is 730 g/mol. The molecule has 0 amide bonds. The molecule has 0 aromatic rings. The normalized spacial score (nSPS) is 7.85. The van der Waals surface area contributed by atoms with E-state index in [0.717, 1.165) is 0 Å². The van der Waals surface area contributed by atoms with Crippen LogP contribution in [0.5, 0.6) is 0 Å². The second kappa shape index (κ2) is 23.3. The van der Waals surface area contributed by atoms with E-state index < -0.39 is 35.8 Å². The number of rotatable bonds is 9. The zero-order valence-electron chi connectivity index (χ0n) is 13.0. The standard InChI is InChI=1S/3C4H6O4.2Au/c3*5-3(6)1-2-4(7)8;;/h3*1-2H2,(H,5,6)(H,7,8);;. The van der Waals surface area contributed by atoms with E-state index in [2.05, 4.69) is 0 Å². The molecule has 14 heteroatoms. The first kappa shape index (κ1) is 35.4. The summed E-state index contributed by atoms with van der Waals surface area (Å²) in [6.45, 7) is 0. The molecule has 12 nitrogen and oxygen atoms in total. The van der Waals surface area contributed by atoms with Crippen LogP contribution in [0.1, 0.15) is 38.5 Å². The fraction of sp³-hybridized carbons (Fsp3) is 0.500. The van der Waals surface area contributed by atoms with Crippen molar-refractivity contribution in [2.24, 2.45) is 0 Å². The maximum atomic E-state index is 9.64. The molecule has 0 saturated carbocycles. The number of hydrogen-bond acceptors (Lipinski definition) is 6. The quantitative estimate of drug-likeness (QED) is 0.169. The van der Waals surface area contributed by atoms with Crippen LogP contribution in [0.3, 0.4) is 0 Å². The average molecular weight is 748 g/mol. The van der Waals surface area contributed by atoms with Crippen molar-refractivity contribution in [3.63, 3.8) is 0 Å². The van der Waals surface area contributed by atoms with Crippen molar-refractivity contribution in [1.82, 2.24) is 0 Å². The predicted molar refractivity (Wildman–Crippen MR) is 73.5 cm³/mol. The van der Waals surface area contributed by atoms with Crippen molar-refractivity contribution in [2.75, 3.05) is 0 Å². The van der Waals surface area contributed by atoms with Gasteiger partial charge in [0.05, 0.1) is 38.5 Å². The van der Waals surface area contributed by atoms with Crippen LogP contribution in [0.4, 0.5) is 0 Å². The van der Waals surface area contributed by atoms with Crippen molar-refractivity contribution >= 4 is 35.8 Å². The predicted octanol–water partition coefficient (Wildman–Crippen LogP) is -0.198. The third kappa shape index (κ3) is 57.2. The molecule has 0 bridgehead atoms. The Bertz CT molecular complexity index is 355. The fourth-order valence-electron chi connectivity index (χ4n) is 0.642. The first-order chi connectivity index (χ1) is 10.9. The van der Waals surface area contributed by atoms with Gasteiger partial charge in [0, 0.05) is 44.8 Å². The average Bonchev–Trinajstić information content (AvgIpc) is 2.42. The minimum absolute atomic E-state index is 0. The van der Waals surface area contributed by atoms with Crippen LogP contribution in [0.2, 0.25) is 0 Å². The third-order valence-corrected chi connectivity index (χ3v) is 1.66. The molecule has 0 rings (SSSR count). The Labute approximate surface area is 178 Å². The van der Waals surface area contributed by atoms with Crippen molar-refractivity contribution in [3.05, 3.63) is 0 Å². The number of hydrogen-bond donors (Lipinski definition) is 6. The molecule has 6 N–H and O–H groups in total.